The van der Waals surface area contributed by atoms with Crippen LogP contribution in [0.2, 0.25) is 5.02 Å². The summed E-state index contributed by atoms with van der Waals surface area (Å²) in [6, 6.07) is 10.4. The minimum Gasteiger partial charge on any atom is -0.481 e. The van der Waals surface area contributed by atoms with E-state index in [0.717, 1.165) is 17.7 Å². The molecule has 0 saturated heterocycles. The second kappa shape index (κ2) is 7.99. The fourth-order valence-electron chi connectivity index (χ4n) is 2.40. The second-order valence-corrected chi connectivity index (χ2v) is 6.57. The number of alkyl halides is 3. The number of halogens is 4. The molecule has 0 aliphatic carbocycles. The normalized spacial score (nSPS) is 12.8. The van der Waals surface area contributed by atoms with Gasteiger partial charge >= 0.3 is 6.18 Å². The van der Waals surface area contributed by atoms with Gasteiger partial charge in [-0.05, 0) is 42.7 Å². The van der Waals surface area contributed by atoms with Gasteiger partial charge in [-0.3, -0.25) is 4.79 Å². The SMILES string of the molecule is CC(C)c1ccccc1O[C@@H](C)C(=O)Nc1ccc(Cl)cc1C(F)(F)F. The first-order chi connectivity index (χ1) is 12.1. The Bertz CT molecular complexity index is 791. The highest BCUT2D eigenvalue weighted by molar-refractivity contribution is 6.30. The van der Waals surface area contributed by atoms with Gasteiger partial charge in [0.15, 0.2) is 6.10 Å². The molecule has 140 valence electrons. The van der Waals surface area contributed by atoms with Gasteiger partial charge in [0.1, 0.15) is 5.75 Å². The molecular formula is C19H19ClF3NO2. The molecule has 1 amide bonds. The number of carbonyl (C=O) groups is 1. The molecule has 0 fully saturated rings. The molecule has 0 unspecified atom stereocenters. The number of nitrogens with one attached hydrogen (secondary N) is 1. The van der Waals surface area contributed by atoms with Gasteiger partial charge in [0.05, 0.1) is 11.3 Å². The molecule has 0 aromatic heterocycles. The summed E-state index contributed by atoms with van der Waals surface area (Å²) in [4.78, 5) is 12.3. The van der Waals surface area contributed by atoms with Gasteiger partial charge in [0.25, 0.3) is 5.91 Å². The Morgan fingerprint density at radius 3 is 2.38 bits per heavy atom. The summed E-state index contributed by atoms with van der Waals surface area (Å²) in [7, 11) is 0. The third kappa shape index (κ3) is 4.91. The van der Waals surface area contributed by atoms with E-state index in [4.69, 9.17) is 16.3 Å². The van der Waals surface area contributed by atoms with E-state index in [9.17, 15) is 18.0 Å². The number of amides is 1. The van der Waals surface area contributed by atoms with E-state index in [2.05, 4.69) is 5.32 Å². The molecule has 2 rings (SSSR count). The molecule has 26 heavy (non-hydrogen) atoms. The predicted octanol–water partition coefficient (Wildman–Crippen LogP) is 5.89. The van der Waals surface area contributed by atoms with Crippen LogP contribution in [0.25, 0.3) is 0 Å². The summed E-state index contributed by atoms with van der Waals surface area (Å²) in [6.07, 6.45) is -5.62. The topological polar surface area (TPSA) is 38.3 Å². The fourth-order valence-corrected chi connectivity index (χ4v) is 2.58. The number of hydrogen-bond donors (Lipinski definition) is 1. The zero-order chi connectivity index (χ0) is 19.5. The molecule has 7 heteroatoms. The van der Waals surface area contributed by atoms with Gasteiger partial charge in [-0.2, -0.15) is 13.2 Å². The van der Waals surface area contributed by atoms with Crippen molar-refractivity contribution in [1.29, 1.82) is 0 Å². The molecule has 0 bridgehead atoms. The Morgan fingerprint density at radius 2 is 1.77 bits per heavy atom. The van der Waals surface area contributed by atoms with Crippen molar-refractivity contribution in [3.63, 3.8) is 0 Å². The van der Waals surface area contributed by atoms with Crippen LogP contribution in [0, 0.1) is 0 Å². The van der Waals surface area contributed by atoms with Crippen molar-refractivity contribution in [3.8, 4) is 5.75 Å². The smallest absolute Gasteiger partial charge is 0.418 e. The highest BCUT2D eigenvalue weighted by Gasteiger charge is 2.34. The van der Waals surface area contributed by atoms with Crippen LogP contribution in [0.4, 0.5) is 18.9 Å². The Balaban J connectivity index is 2.19. The van der Waals surface area contributed by atoms with Crippen LogP contribution in [-0.2, 0) is 11.0 Å². The van der Waals surface area contributed by atoms with Crippen LogP contribution in [-0.4, -0.2) is 12.0 Å². The van der Waals surface area contributed by atoms with Crippen LogP contribution in [0.3, 0.4) is 0 Å². The van der Waals surface area contributed by atoms with Crippen LogP contribution < -0.4 is 10.1 Å². The molecule has 0 heterocycles. The predicted molar refractivity (Wildman–Crippen MR) is 95.7 cm³/mol. The highest BCUT2D eigenvalue weighted by atomic mass is 35.5. The summed E-state index contributed by atoms with van der Waals surface area (Å²) in [5.41, 5.74) is -0.456. The van der Waals surface area contributed by atoms with E-state index < -0.39 is 23.8 Å². The van der Waals surface area contributed by atoms with Crippen molar-refractivity contribution < 1.29 is 22.7 Å². The average Bonchev–Trinajstić information content (AvgIpc) is 2.55. The second-order valence-electron chi connectivity index (χ2n) is 6.13. The van der Waals surface area contributed by atoms with Crippen molar-refractivity contribution in [1.82, 2.24) is 0 Å². The van der Waals surface area contributed by atoms with E-state index >= 15 is 0 Å². The maximum atomic E-state index is 13.1. The first kappa shape index (κ1) is 20.1. The van der Waals surface area contributed by atoms with Crippen molar-refractivity contribution in [2.45, 2.75) is 39.0 Å². The number of para-hydroxylation sites is 1. The van der Waals surface area contributed by atoms with Gasteiger partial charge < -0.3 is 10.1 Å². The molecule has 1 N–H and O–H groups in total. The summed E-state index contributed by atoms with van der Waals surface area (Å²) in [5, 5.41) is 2.21. The first-order valence-corrected chi connectivity index (χ1v) is 8.40. The number of rotatable bonds is 5. The van der Waals surface area contributed by atoms with Gasteiger partial charge in [-0.15, -0.1) is 0 Å². The zero-order valence-electron chi connectivity index (χ0n) is 14.5. The van der Waals surface area contributed by atoms with Crippen LogP contribution in [0.5, 0.6) is 5.75 Å². The van der Waals surface area contributed by atoms with Crippen molar-refractivity contribution >= 4 is 23.2 Å². The van der Waals surface area contributed by atoms with E-state index in [1.807, 2.05) is 26.0 Å². The lowest BCUT2D eigenvalue weighted by Crippen LogP contribution is -2.31. The minimum absolute atomic E-state index is 0.0644. The Labute approximate surface area is 155 Å². The van der Waals surface area contributed by atoms with Crippen LogP contribution in [0.1, 0.15) is 37.8 Å². The molecule has 1 atom stereocenters. The molecule has 0 spiro atoms. The molecule has 2 aromatic rings. The number of carbonyl (C=O) groups excluding carboxylic acids is 1. The van der Waals surface area contributed by atoms with Crippen LogP contribution in [0.15, 0.2) is 42.5 Å². The average molecular weight is 386 g/mol. The number of ether oxygens (including phenoxy) is 1. The van der Waals surface area contributed by atoms with E-state index in [1.54, 1.807) is 12.1 Å². The summed E-state index contributed by atoms with van der Waals surface area (Å²) in [5.74, 6) is 0.0169. The van der Waals surface area contributed by atoms with Crippen LogP contribution >= 0.6 is 11.6 Å². The van der Waals surface area contributed by atoms with E-state index in [1.165, 1.54) is 13.0 Å². The molecule has 2 aromatic carbocycles. The lowest BCUT2D eigenvalue weighted by atomic mass is 10.0. The molecule has 0 aliphatic rings. The maximum absolute atomic E-state index is 13.1. The van der Waals surface area contributed by atoms with Crippen molar-refractivity contribution in [2.24, 2.45) is 0 Å². The number of anilines is 1. The zero-order valence-corrected chi connectivity index (χ0v) is 15.3. The fraction of sp³-hybridized carbons (Fsp3) is 0.316. The summed E-state index contributed by atoms with van der Waals surface area (Å²) in [6.45, 7) is 5.45. The Hall–Kier alpha value is -2.21. The largest absolute Gasteiger partial charge is 0.481 e. The molecule has 0 radical (unpaired) electrons. The van der Waals surface area contributed by atoms with Gasteiger partial charge in [-0.1, -0.05) is 43.6 Å². The number of hydrogen-bond acceptors (Lipinski definition) is 2. The number of benzene rings is 2. The standard InChI is InChI=1S/C19H19ClF3NO2/c1-11(2)14-6-4-5-7-17(14)26-12(3)18(25)24-16-9-8-13(20)10-15(16)19(21,22)23/h4-12H,1-3H3,(H,24,25)/t12-/m0/s1. The van der Waals surface area contributed by atoms with Gasteiger partial charge in [0, 0.05) is 5.02 Å². The van der Waals surface area contributed by atoms with Crippen molar-refractivity contribution in [2.75, 3.05) is 5.32 Å². The molecule has 3 nitrogen and oxygen atoms in total. The first-order valence-electron chi connectivity index (χ1n) is 8.02. The Kier molecular flexibility index (Phi) is 6.18. The minimum atomic E-state index is -4.64. The molecule has 0 saturated carbocycles. The third-order valence-corrected chi connectivity index (χ3v) is 3.99. The maximum Gasteiger partial charge on any atom is 0.418 e. The quantitative estimate of drug-likeness (QED) is 0.697. The summed E-state index contributed by atoms with van der Waals surface area (Å²) >= 11 is 5.64. The Morgan fingerprint density at radius 1 is 1.12 bits per heavy atom. The lowest BCUT2D eigenvalue weighted by Gasteiger charge is -2.20. The van der Waals surface area contributed by atoms with E-state index in [-0.39, 0.29) is 16.6 Å². The van der Waals surface area contributed by atoms with Gasteiger partial charge in [0.2, 0.25) is 0 Å². The van der Waals surface area contributed by atoms with Crippen molar-refractivity contribution in [3.05, 3.63) is 58.6 Å². The summed E-state index contributed by atoms with van der Waals surface area (Å²) < 4.78 is 45.1. The van der Waals surface area contributed by atoms with Gasteiger partial charge in [-0.25, -0.2) is 0 Å². The molecule has 0 aliphatic heterocycles. The lowest BCUT2D eigenvalue weighted by molar-refractivity contribution is -0.137. The highest BCUT2D eigenvalue weighted by Crippen LogP contribution is 2.36. The third-order valence-electron chi connectivity index (χ3n) is 3.76. The van der Waals surface area contributed by atoms with E-state index in [0.29, 0.717) is 5.75 Å². The molecular weight excluding hydrogens is 367 g/mol. The monoisotopic (exact) mass is 385 g/mol.